The lowest BCUT2D eigenvalue weighted by atomic mass is 10.2. The Morgan fingerprint density at radius 3 is 2.79 bits per heavy atom. The monoisotopic (exact) mass is 260 g/mol. The van der Waals surface area contributed by atoms with Gasteiger partial charge in [0, 0.05) is 18.7 Å². The zero-order chi connectivity index (χ0) is 13.7. The third-order valence-electron chi connectivity index (χ3n) is 3.01. The van der Waals surface area contributed by atoms with Crippen molar-refractivity contribution in [1.29, 1.82) is 0 Å². The Kier molecular flexibility index (Phi) is 4.39. The lowest BCUT2D eigenvalue weighted by Gasteiger charge is -2.23. The van der Waals surface area contributed by atoms with E-state index in [-0.39, 0.29) is 0 Å². The Bertz CT molecular complexity index is 510. The SMILES string of the molecule is CCNc1ncnc(N(CC)Cc2ccco2)c1C. The number of furan rings is 1. The fourth-order valence-corrected chi connectivity index (χ4v) is 2.03. The van der Waals surface area contributed by atoms with E-state index in [1.165, 1.54) is 0 Å². The van der Waals surface area contributed by atoms with Gasteiger partial charge in [-0.1, -0.05) is 0 Å². The van der Waals surface area contributed by atoms with Gasteiger partial charge in [-0.3, -0.25) is 0 Å². The van der Waals surface area contributed by atoms with Gasteiger partial charge >= 0.3 is 0 Å². The fraction of sp³-hybridized carbons (Fsp3) is 0.429. The molecule has 0 saturated carbocycles. The standard InChI is InChI=1S/C14H20N4O/c1-4-15-13-11(3)14(17-10-16-13)18(5-2)9-12-7-6-8-19-12/h6-8,10H,4-5,9H2,1-3H3,(H,15,16,17). The molecule has 5 nitrogen and oxygen atoms in total. The molecular weight excluding hydrogens is 240 g/mol. The van der Waals surface area contributed by atoms with E-state index < -0.39 is 0 Å². The third kappa shape index (κ3) is 3.05. The first-order valence-electron chi connectivity index (χ1n) is 6.59. The van der Waals surface area contributed by atoms with Gasteiger partial charge in [0.15, 0.2) is 0 Å². The minimum absolute atomic E-state index is 0.715. The number of anilines is 2. The highest BCUT2D eigenvalue weighted by molar-refractivity contribution is 5.57. The molecule has 1 N–H and O–H groups in total. The van der Waals surface area contributed by atoms with Crippen molar-refractivity contribution >= 4 is 11.6 Å². The van der Waals surface area contributed by atoms with Crippen molar-refractivity contribution in [3.05, 3.63) is 36.0 Å². The van der Waals surface area contributed by atoms with Crippen LogP contribution in [0.15, 0.2) is 29.1 Å². The number of rotatable bonds is 6. The van der Waals surface area contributed by atoms with Crippen molar-refractivity contribution in [3.63, 3.8) is 0 Å². The van der Waals surface area contributed by atoms with Crippen LogP contribution in [0.4, 0.5) is 11.6 Å². The minimum Gasteiger partial charge on any atom is -0.467 e. The van der Waals surface area contributed by atoms with Crippen molar-refractivity contribution in [1.82, 2.24) is 9.97 Å². The molecule has 0 unspecified atom stereocenters. The van der Waals surface area contributed by atoms with Gasteiger partial charge in [-0.05, 0) is 32.9 Å². The van der Waals surface area contributed by atoms with Gasteiger partial charge in [0.25, 0.3) is 0 Å². The van der Waals surface area contributed by atoms with Gasteiger partial charge in [-0.15, -0.1) is 0 Å². The van der Waals surface area contributed by atoms with Crippen LogP contribution in [0.1, 0.15) is 25.2 Å². The zero-order valence-corrected chi connectivity index (χ0v) is 11.7. The molecule has 2 aromatic heterocycles. The summed E-state index contributed by atoms with van der Waals surface area (Å²) >= 11 is 0. The average Bonchev–Trinajstić information content (AvgIpc) is 2.92. The van der Waals surface area contributed by atoms with E-state index in [2.05, 4.69) is 34.0 Å². The van der Waals surface area contributed by atoms with E-state index in [4.69, 9.17) is 4.42 Å². The van der Waals surface area contributed by atoms with Crippen molar-refractivity contribution in [2.24, 2.45) is 0 Å². The van der Waals surface area contributed by atoms with E-state index in [1.54, 1.807) is 12.6 Å². The topological polar surface area (TPSA) is 54.2 Å². The van der Waals surface area contributed by atoms with E-state index in [9.17, 15) is 0 Å². The van der Waals surface area contributed by atoms with Gasteiger partial charge in [-0.25, -0.2) is 9.97 Å². The normalized spacial score (nSPS) is 10.5. The van der Waals surface area contributed by atoms with E-state index in [1.807, 2.05) is 19.1 Å². The van der Waals surface area contributed by atoms with Crippen molar-refractivity contribution in [2.45, 2.75) is 27.3 Å². The van der Waals surface area contributed by atoms with Crippen LogP contribution in [0.5, 0.6) is 0 Å². The summed E-state index contributed by atoms with van der Waals surface area (Å²) in [6.07, 6.45) is 3.30. The lowest BCUT2D eigenvalue weighted by molar-refractivity contribution is 0.502. The molecule has 0 radical (unpaired) electrons. The quantitative estimate of drug-likeness (QED) is 0.865. The van der Waals surface area contributed by atoms with Crippen LogP contribution in [0.2, 0.25) is 0 Å². The molecular formula is C14H20N4O. The summed E-state index contributed by atoms with van der Waals surface area (Å²) in [5.74, 6) is 2.78. The van der Waals surface area contributed by atoms with Crippen LogP contribution in [0, 0.1) is 6.92 Å². The summed E-state index contributed by atoms with van der Waals surface area (Å²) in [6, 6.07) is 3.88. The minimum atomic E-state index is 0.715. The zero-order valence-electron chi connectivity index (χ0n) is 11.7. The van der Waals surface area contributed by atoms with Gasteiger partial charge in [0.2, 0.25) is 0 Å². The second-order valence-electron chi connectivity index (χ2n) is 4.29. The van der Waals surface area contributed by atoms with Crippen LogP contribution in [0.25, 0.3) is 0 Å². The molecule has 0 atom stereocenters. The lowest BCUT2D eigenvalue weighted by Crippen LogP contribution is -2.24. The third-order valence-corrected chi connectivity index (χ3v) is 3.01. The van der Waals surface area contributed by atoms with Crippen LogP contribution < -0.4 is 10.2 Å². The fourth-order valence-electron chi connectivity index (χ4n) is 2.03. The Balaban J connectivity index is 2.25. The predicted octanol–water partition coefficient (Wildman–Crippen LogP) is 2.84. The summed E-state index contributed by atoms with van der Waals surface area (Å²) in [6.45, 7) is 8.63. The molecule has 0 bridgehead atoms. The van der Waals surface area contributed by atoms with Gasteiger partial charge in [-0.2, -0.15) is 0 Å². The van der Waals surface area contributed by atoms with Crippen LogP contribution >= 0.6 is 0 Å². The summed E-state index contributed by atoms with van der Waals surface area (Å²) in [5.41, 5.74) is 1.07. The molecule has 0 spiro atoms. The smallest absolute Gasteiger partial charge is 0.137 e. The molecule has 2 aromatic rings. The van der Waals surface area contributed by atoms with Crippen molar-refractivity contribution < 1.29 is 4.42 Å². The molecule has 102 valence electrons. The maximum atomic E-state index is 5.40. The molecule has 2 heterocycles. The summed E-state index contributed by atoms with van der Waals surface area (Å²) in [5, 5.41) is 3.25. The Hall–Kier alpha value is -2.04. The molecule has 0 aliphatic rings. The maximum Gasteiger partial charge on any atom is 0.137 e. The van der Waals surface area contributed by atoms with Gasteiger partial charge < -0.3 is 14.6 Å². The van der Waals surface area contributed by atoms with Crippen LogP contribution in [-0.4, -0.2) is 23.1 Å². The number of nitrogens with zero attached hydrogens (tertiary/aromatic N) is 3. The number of hydrogen-bond acceptors (Lipinski definition) is 5. The summed E-state index contributed by atoms with van der Waals surface area (Å²) < 4.78 is 5.40. The molecule has 19 heavy (non-hydrogen) atoms. The highest BCUT2D eigenvalue weighted by atomic mass is 16.3. The van der Waals surface area contributed by atoms with Crippen molar-refractivity contribution in [2.75, 3.05) is 23.3 Å². The maximum absolute atomic E-state index is 5.40. The van der Waals surface area contributed by atoms with Crippen molar-refractivity contribution in [3.8, 4) is 0 Å². The molecule has 0 aliphatic carbocycles. The number of hydrogen-bond donors (Lipinski definition) is 1. The van der Waals surface area contributed by atoms with E-state index in [0.717, 1.165) is 36.0 Å². The average molecular weight is 260 g/mol. The van der Waals surface area contributed by atoms with E-state index >= 15 is 0 Å². The highest BCUT2D eigenvalue weighted by Gasteiger charge is 2.14. The summed E-state index contributed by atoms with van der Waals surface area (Å²) in [7, 11) is 0. The first-order valence-corrected chi connectivity index (χ1v) is 6.59. The Morgan fingerprint density at radius 2 is 2.16 bits per heavy atom. The second-order valence-corrected chi connectivity index (χ2v) is 4.29. The molecule has 0 aliphatic heterocycles. The highest BCUT2D eigenvalue weighted by Crippen LogP contribution is 2.23. The number of aromatic nitrogens is 2. The molecule has 0 fully saturated rings. The second kappa shape index (κ2) is 6.22. The van der Waals surface area contributed by atoms with Crippen LogP contribution in [-0.2, 0) is 6.54 Å². The Morgan fingerprint density at radius 1 is 1.32 bits per heavy atom. The predicted molar refractivity (Wildman–Crippen MR) is 76.4 cm³/mol. The first-order chi connectivity index (χ1) is 9.26. The molecule has 0 aromatic carbocycles. The molecule has 0 amide bonds. The van der Waals surface area contributed by atoms with E-state index in [0.29, 0.717) is 6.54 Å². The summed E-state index contributed by atoms with van der Waals surface area (Å²) in [4.78, 5) is 10.9. The first kappa shape index (κ1) is 13.4. The van der Waals surface area contributed by atoms with Gasteiger partial charge in [0.05, 0.1) is 12.8 Å². The van der Waals surface area contributed by atoms with Crippen LogP contribution in [0.3, 0.4) is 0 Å². The molecule has 5 heteroatoms. The number of nitrogens with one attached hydrogen (secondary N) is 1. The largest absolute Gasteiger partial charge is 0.467 e. The molecule has 0 saturated heterocycles. The Labute approximate surface area is 113 Å². The molecule has 2 rings (SSSR count). The van der Waals surface area contributed by atoms with Gasteiger partial charge in [0.1, 0.15) is 23.7 Å².